The van der Waals surface area contributed by atoms with Crippen molar-refractivity contribution in [2.75, 3.05) is 13.1 Å². The van der Waals surface area contributed by atoms with Gasteiger partial charge in [-0.1, -0.05) is 60.7 Å². The molecule has 6 heteroatoms. The first-order valence-electron chi connectivity index (χ1n) is 10.2. The molecule has 0 unspecified atom stereocenters. The van der Waals surface area contributed by atoms with Crippen LogP contribution in [0.15, 0.2) is 60.7 Å². The molecule has 0 aliphatic carbocycles. The van der Waals surface area contributed by atoms with Crippen molar-refractivity contribution in [3.8, 4) is 0 Å². The summed E-state index contributed by atoms with van der Waals surface area (Å²) in [5.41, 5.74) is 1.90. The zero-order valence-corrected chi connectivity index (χ0v) is 18.0. The smallest absolute Gasteiger partial charge is 0.226 e. The number of nitrogens with zero attached hydrogens (tertiary/aromatic N) is 2. The van der Waals surface area contributed by atoms with Crippen LogP contribution in [0.4, 0.5) is 0 Å². The molecule has 0 N–H and O–H groups in total. The van der Waals surface area contributed by atoms with Gasteiger partial charge in [0.25, 0.3) is 0 Å². The first kappa shape index (κ1) is 21.5. The van der Waals surface area contributed by atoms with Crippen LogP contribution in [-0.4, -0.2) is 42.7 Å². The van der Waals surface area contributed by atoms with E-state index in [9.17, 15) is 13.2 Å². The SMILES string of the molecule is CC(C)N(Cc1ccccc1)C(=O)C1CCN(S(=O)(=O)Cc2ccccc2)CC1. The van der Waals surface area contributed by atoms with Gasteiger partial charge in [-0.2, -0.15) is 0 Å². The predicted octanol–water partition coefficient (Wildman–Crippen LogP) is 3.67. The lowest BCUT2D eigenvalue weighted by Gasteiger charge is -2.35. The summed E-state index contributed by atoms with van der Waals surface area (Å²) >= 11 is 0. The van der Waals surface area contributed by atoms with Gasteiger partial charge in [0.2, 0.25) is 15.9 Å². The Labute approximate surface area is 174 Å². The Morgan fingerprint density at radius 1 is 0.966 bits per heavy atom. The predicted molar refractivity (Wildman–Crippen MR) is 115 cm³/mol. The maximum atomic E-state index is 13.1. The van der Waals surface area contributed by atoms with Crippen LogP contribution in [0.2, 0.25) is 0 Å². The van der Waals surface area contributed by atoms with Crippen LogP contribution in [0.1, 0.15) is 37.8 Å². The van der Waals surface area contributed by atoms with Crippen molar-refractivity contribution in [3.63, 3.8) is 0 Å². The van der Waals surface area contributed by atoms with Gasteiger partial charge in [0, 0.05) is 31.6 Å². The average Bonchev–Trinajstić information content (AvgIpc) is 2.72. The minimum absolute atomic E-state index is 0.0125. The van der Waals surface area contributed by atoms with E-state index in [1.165, 1.54) is 0 Å². The molecule has 156 valence electrons. The van der Waals surface area contributed by atoms with Gasteiger partial charge in [-0.15, -0.1) is 0 Å². The van der Waals surface area contributed by atoms with Gasteiger partial charge in [-0.25, -0.2) is 12.7 Å². The van der Waals surface area contributed by atoms with E-state index in [-0.39, 0.29) is 23.6 Å². The molecule has 1 amide bonds. The second-order valence-corrected chi connectivity index (χ2v) is 9.93. The van der Waals surface area contributed by atoms with E-state index in [1.807, 2.05) is 79.4 Å². The molecule has 0 radical (unpaired) electrons. The third-order valence-electron chi connectivity index (χ3n) is 5.49. The molecule has 0 saturated carbocycles. The van der Waals surface area contributed by atoms with Crippen molar-refractivity contribution in [1.82, 2.24) is 9.21 Å². The van der Waals surface area contributed by atoms with E-state index in [1.54, 1.807) is 4.31 Å². The lowest BCUT2D eigenvalue weighted by molar-refractivity contribution is -0.139. The monoisotopic (exact) mass is 414 g/mol. The van der Waals surface area contributed by atoms with Gasteiger partial charge < -0.3 is 4.90 Å². The fourth-order valence-electron chi connectivity index (χ4n) is 3.79. The largest absolute Gasteiger partial charge is 0.336 e. The number of sulfonamides is 1. The average molecular weight is 415 g/mol. The Balaban J connectivity index is 1.60. The normalized spacial score (nSPS) is 16.1. The highest BCUT2D eigenvalue weighted by molar-refractivity contribution is 7.88. The van der Waals surface area contributed by atoms with Crippen molar-refractivity contribution >= 4 is 15.9 Å². The summed E-state index contributed by atoms with van der Waals surface area (Å²) in [6, 6.07) is 19.3. The van der Waals surface area contributed by atoms with Gasteiger partial charge in [0.15, 0.2) is 0 Å². The summed E-state index contributed by atoms with van der Waals surface area (Å²) in [4.78, 5) is 15.1. The maximum absolute atomic E-state index is 13.1. The lowest BCUT2D eigenvalue weighted by atomic mass is 9.95. The number of amides is 1. The highest BCUT2D eigenvalue weighted by Gasteiger charge is 2.33. The number of benzene rings is 2. The van der Waals surface area contributed by atoms with Crippen LogP contribution in [0.5, 0.6) is 0 Å². The summed E-state index contributed by atoms with van der Waals surface area (Å²) in [5, 5.41) is 0. The fourth-order valence-corrected chi connectivity index (χ4v) is 5.35. The Morgan fingerprint density at radius 3 is 2.00 bits per heavy atom. The van der Waals surface area contributed by atoms with E-state index < -0.39 is 10.0 Å². The molecule has 29 heavy (non-hydrogen) atoms. The topological polar surface area (TPSA) is 57.7 Å². The number of carbonyl (C=O) groups is 1. The van der Waals surface area contributed by atoms with Crippen LogP contribution in [0, 0.1) is 5.92 Å². The second-order valence-electron chi connectivity index (χ2n) is 7.96. The Hall–Kier alpha value is -2.18. The summed E-state index contributed by atoms with van der Waals surface area (Å²) in [6.07, 6.45) is 1.15. The Morgan fingerprint density at radius 2 is 1.48 bits per heavy atom. The first-order valence-corrected chi connectivity index (χ1v) is 11.8. The molecular formula is C23H30N2O3S. The number of piperidine rings is 1. The van der Waals surface area contributed by atoms with Gasteiger partial charge in [0.1, 0.15) is 0 Å². The van der Waals surface area contributed by atoms with Crippen LogP contribution < -0.4 is 0 Å². The van der Waals surface area contributed by atoms with Crippen molar-refractivity contribution in [3.05, 3.63) is 71.8 Å². The minimum Gasteiger partial charge on any atom is -0.336 e. The van der Waals surface area contributed by atoms with Crippen molar-refractivity contribution in [1.29, 1.82) is 0 Å². The Kier molecular flexibility index (Phi) is 7.09. The van der Waals surface area contributed by atoms with Gasteiger partial charge in [0.05, 0.1) is 5.75 Å². The molecular weight excluding hydrogens is 384 g/mol. The molecule has 0 aromatic heterocycles. The van der Waals surface area contributed by atoms with Crippen LogP contribution in [0.25, 0.3) is 0 Å². The van der Waals surface area contributed by atoms with Gasteiger partial charge in [-0.3, -0.25) is 4.79 Å². The van der Waals surface area contributed by atoms with Crippen LogP contribution >= 0.6 is 0 Å². The highest BCUT2D eigenvalue weighted by atomic mass is 32.2. The molecule has 2 aromatic carbocycles. The summed E-state index contributed by atoms with van der Waals surface area (Å²) in [5.74, 6) is 0.0201. The molecule has 2 aromatic rings. The zero-order valence-electron chi connectivity index (χ0n) is 17.2. The molecule has 0 atom stereocenters. The number of carbonyl (C=O) groups excluding carboxylic acids is 1. The van der Waals surface area contributed by atoms with E-state index in [0.29, 0.717) is 32.5 Å². The quantitative estimate of drug-likeness (QED) is 0.695. The molecule has 1 saturated heterocycles. The van der Waals surface area contributed by atoms with Gasteiger partial charge >= 0.3 is 0 Å². The van der Waals surface area contributed by atoms with Gasteiger partial charge in [-0.05, 0) is 37.8 Å². The summed E-state index contributed by atoms with van der Waals surface area (Å²) in [7, 11) is -3.36. The van der Waals surface area contributed by atoms with E-state index in [2.05, 4.69) is 0 Å². The minimum atomic E-state index is -3.36. The summed E-state index contributed by atoms with van der Waals surface area (Å²) < 4.78 is 27.0. The number of hydrogen-bond donors (Lipinski definition) is 0. The molecule has 0 spiro atoms. The zero-order chi connectivity index (χ0) is 20.9. The maximum Gasteiger partial charge on any atom is 0.226 e. The third-order valence-corrected chi connectivity index (χ3v) is 7.34. The van der Waals surface area contributed by atoms with Crippen LogP contribution in [0.3, 0.4) is 0 Å². The highest BCUT2D eigenvalue weighted by Crippen LogP contribution is 2.25. The number of rotatable bonds is 7. The van der Waals surface area contributed by atoms with E-state index >= 15 is 0 Å². The third kappa shape index (κ3) is 5.67. The molecule has 1 aliphatic heterocycles. The number of hydrogen-bond acceptors (Lipinski definition) is 3. The molecule has 1 aliphatic rings. The molecule has 1 fully saturated rings. The fraction of sp³-hybridized carbons (Fsp3) is 0.435. The van der Waals surface area contributed by atoms with E-state index in [0.717, 1.165) is 11.1 Å². The lowest BCUT2D eigenvalue weighted by Crippen LogP contribution is -2.46. The molecule has 0 bridgehead atoms. The second kappa shape index (κ2) is 9.55. The first-order chi connectivity index (χ1) is 13.9. The molecule has 3 rings (SSSR count). The van der Waals surface area contributed by atoms with Crippen molar-refractivity contribution in [2.45, 2.75) is 45.0 Å². The molecule has 1 heterocycles. The Bertz CT molecular complexity index is 890. The van der Waals surface area contributed by atoms with Crippen molar-refractivity contribution in [2.24, 2.45) is 5.92 Å². The van der Waals surface area contributed by atoms with Crippen molar-refractivity contribution < 1.29 is 13.2 Å². The standard InChI is InChI=1S/C23H30N2O3S/c1-19(2)25(17-20-9-5-3-6-10-20)23(26)22-13-15-24(16-14-22)29(27,28)18-21-11-7-4-8-12-21/h3-12,19,22H,13-18H2,1-2H3. The summed E-state index contributed by atoms with van der Waals surface area (Å²) in [6.45, 7) is 5.45. The molecule has 5 nitrogen and oxygen atoms in total. The van der Waals surface area contributed by atoms with E-state index in [4.69, 9.17) is 0 Å². The van der Waals surface area contributed by atoms with Crippen LogP contribution in [-0.2, 0) is 27.1 Å².